The summed E-state index contributed by atoms with van der Waals surface area (Å²) in [5, 5.41) is 18.3. The summed E-state index contributed by atoms with van der Waals surface area (Å²) >= 11 is 0. The number of nitrogens with zero attached hydrogens (tertiary/aromatic N) is 1. The van der Waals surface area contributed by atoms with Gasteiger partial charge in [-0.25, -0.2) is 4.79 Å². The topological polar surface area (TPSA) is 60.8 Å². The molecule has 0 aromatic heterocycles. The Morgan fingerprint density at radius 1 is 1.05 bits per heavy atom. The van der Waals surface area contributed by atoms with Gasteiger partial charge in [-0.15, -0.1) is 0 Å². The number of carboxylic acid groups (broad SMARTS) is 1. The van der Waals surface area contributed by atoms with Crippen molar-refractivity contribution in [2.75, 3.05) is 0 Å². The third kappa shape index (κ3) is 2.51. The number of fused-ring (bicyclic) bond motifs is 1. The van der Waals surface area contributed by atoms with E-state index in [4.69, 9.17) is 5.11 Å². The number of carboxylic acids is 1. The first-order valence-corrected chi connectivity index (χ1v) is 6.47. The molecule has 0 unspecified atom stereocenters. The fourth-order valence-corrected chi connectivity index (χ4v) is 2.57. The average Bonchev–Trinajstić information content (AvgIpc) is 2.82. The number of aromatic carboxylic acids is 1. The molecule has 1 aliphatic rings. The van der Waals surface area contributed by atoms with Gasteiger partial charge in [-0.2, -0.15) is 0 Å². The number of benzene rings is 2. The molecule has 20 heavy (non-hydrogen) atoms. The van der Waals surface area contributed by atoms with Crippen LogP contribution in [-0.2, 0) is 19.6 Å². The highest BCUT2D eigenvalue weighted by atomic mass is 16.4. The highest BCUT2D eigenvalue weighted by molar-refractivity contribution is 5.87. The molecule has 2 N–H and O–H groups in total. The molecule has 102 valence electrons. The predicted octanol–water partition coefficient (Wildman–Crippen LogP) is 2.61. The molecule has 0 atom stereocenters. The molecule has 2 aromatic carbocycles. The third-order valence-electron chi connectivity index (χ3n) is 3.58. The molecule has 2 aromatic rings. The lowest BCUT2D eigenvalue weighted by molar-refractivity contribution is 0.0696. The van der Waals surface area contributed by atoms with Gasteiger partial charge >= 0.3 is 5.97 Å². The van der Waals surface area contributed by atoms with Crippen LogP contribution in [0.2, 0.25) is 0 Å². The van der Waals surface area contributed by atoms with Crippen LogP contribution in [-0.4, -0.2) is 21.1 Å². The van der Waals surface area contributed by atoms with Crippen molar-refractivity contribution in [1.29, 1.82) is 0 Å². The van der Waals surface area contributed by atoms with Crippen LogP contribution >= 0.6 is 0 Å². The zero-order valence-corrected chi connectivity index (χ0v) is 10.9. The first kappa shape index (κ1) is 12.7. The molecule has 0 saturated carbocycles. The van der Waals surface area contributed by atoms with Crippen molar-refractivity contribution in [2.24, 2.45) is 0 Å². The minimum absolute atomic E-state index is 0.268. The van der Waals surface area contributed by atoms with Gasteiger partial charge in [-0.3, -0.25) is 4.90 Å². The monoisotopic (exact) mass is 269 g/mol. The summed E-state index contributed by atoms with van der Waals surface area (Å²) in [5.41, 5.74) is 3.75. The molecule has 0 saturated heterocycles. The fourth-order valence-electron chi connectivity index (χ4n) is 2.57. The van der Waals surface area contributed by atoms with Gasteiger partial charge in [-0.1, -0.05) is 18.2 Å². The van der Waals surface area contributed by atoms with Crippen LogP contribution in [0.5, 0.6) is 5.75 Å². The Morgan fingerprint density at radius 3 is 2.45 bits per heavy atom. The van der Waals surface area contributed by atoms with Crippen LogP contribution in [0.15, 0.2) is 42.5 Å². The number of carbonyl (C=O) groups is 1. The van der Waals surface area contributed by atoms with Crippen LogP contribution in [0.3, 0.4) is 0 Å². The van der Waals surface area contributed by atoms with Crippen LogP contribution in [0.1, 0.15) is 27.0 Å². The SMILES string of the molecule is O=C(O)c1ccc2c(c1)CN(Cc1ccc(O)cc1)C2. The molecule has 4 heteroatoms. The fraction of sp³-hybridized carbons (Fsp3) is 0.188. The normalized spacial score (nSPS) is 14.2. The third-order valence-corrected chi connectivity index (χ3v) is 3.58. The molecule has 4 nitrogen and oxygen atoms in total. The van der Waals surface area contributed by atoms with Crippen molar-refractivity contribution in [3.63, 3.8) is 0 Å². The molecule has 0 fully saturated rings. The second-order valence-corrected chi connectivity index (χ2v) is 5.10. The van der Waals surface area contributed by atoms with E-state index in [9.17, 15) is 9.90 Å². The van der Waals surface area contributed by atoms with Crippen molar-refractivity contribution >= 4 is 5.97 Å². The van der Waals surface area contributed by atoms with Gasteiger partial charge in [0.25, 0.3) is 0 Å². The number of phenols is 1. The van der Waals surface area contributed by atoms with Crippen molar-refractivity contribution < 1.29 is 15.0 Å². The Bertz CT molecular complexity index is 649. The molecular weight excluding hydrogens is 254 g/mol. The minimum Gasteiger partial charge on any atom is -0.508 e. The lowest BCUT2D eigenvalue weighted by Gasteiger charge is -2.14. The maximum Gasteiger partial charge on any atom is 0.335 e. The van der Waals surface area contributed by atoms with Gasteiger partial charge < -0.3 is 10.2 Å². The van der Waals surface area contributed by atoms with Crippen LogP contribution < -0.4 is 0 Å². The quantitative estimate of drug-likeness (QED) is 0.899. The van der Waals surface area contributed by atoms with Gasteiger partial charge in [0.05, 0.1) is 5.56 Å². The summed E-state index contributed by atoms with van der Waals surface area (Å²) in [6, 6.07) is 12.5. The van der Waals surface area contributed by atoms with E-state index < -0.39 is 5.97 Å². The smallest absolute Gasteiger partial charge is 0.335 e. The number of rotatable bonds is 3. The Balaban J connectivity index is 1.73. The highest BCUT2D eigenvalue weighted by Gasteiger charge is 2.20. The second kappa shape index (κ2) is 4.98. The second-order valence-electron chi connectivity index (χ2n) is 5.10. The molecule has 1 aliphatic heterocycles. The average molecular weight is 269 g/mol. The van der Waals surface area contributed by atoms with Crippen molar-refractivity contribution in [1.82, 2.24) is 4.90 Å². The summed E-state index contributed by atoms with van der Waals surface area (Å²) in [5.74, 6) is -0.616. The molecule has 1 heterocycles. The van der Waals surface area contributed by atoms with Crippen molar-refractivity contribution in [3.05, 3.63) is 64.7 Å². The summed E-state index contributed by atoms with van der Waals surface area (Å²) < 4.78 is 0. The van der Waals surface area contributed by atoms with Gasteiger partial charge in [0.1, 0.15) is 5.75 Å². The summed E-state index contributed by atoms with van der Waals surface area (Å²) in [6.07, 6.45) is 0. The van der Waals surface area contributed by atoms with E-state index in [1.54, 1.807) is 24.3 Å². The van der Waals surface area contributed by atoms with Gasteiger partial charge in [0.2, 0.25) is 0 Å². The summed E-state index contributed by atoms with van der Waals surface area (Å²) in [7, 11) is 0. The molecule has 0 spiro atoms. The van der Waals surface area contributed by atoms with Crippen LogP contribution in [0.4, 0.5) is 0 Å². The number of phenolic OH excluding ortho intramolecular Hbond substituents is 1. The predicted molar refractivity (Wildman–Crippen MR) is 74.5 cm³/mol. The van der Waals surface area contributed by atoms with Crippen LogP contribution in [0.25, 0.3) is 0 Å². The van der Waals surface area contributed by atoms with E-state index in [1.165, 1.54) is 5.56 Å². The zero-order chi connectivity index (χ0) is 14.1. The standard InChI is InChI=1S/C16H15NO3/c18-15-5-1-11(2-6-15)8-17-9-13-4-3-12(16(19)20)7-14(13)10-17/h1-7,18H,8-10H2,(H,19,20). The van der Waals surface area contributed by atoms with Crippen molar-refractivity contribution in [2.45, 2.75) is 19.6 Å². The van der Waals surface area contributed by atoms with E-state index in [-0.39, 0.29) is 5.75 Å². The Morgan fingerprint density at radius 2 is 1.75 bits per heavy atom. The number of aromatic hydroxyl groups is 1. The maximum absolute atomic E-state index is 11.0. The Kier molecular flexibility index (Phi) is 3.16. The van der Waals surface area contributed by atoms with Crippen molar-refractivity contribution in [3.8, 4) is 5.75 Å². The Labute approximate surface area is 116 Å². The van der Waals surface area contributed by atoms with Gasteiger partial charge in [-0.05, 0) is 41.0 Å². The minimum atomic E-state index is -0.884. The molecule has 0 radical (unpaired) electrons. The first-order valence-electron chi connectivity index (χ1n) is 6.47. The molecular formula is C16H15NO3. The summed E-state index contributed by atoms with van der Waals surface area (Å²) in [6.45, 7) is 2.38. The molecule has 3 rings (SSSR count). The summed E-state index contributed by atoms with van der Waals surface area (Å²) in [4.78, 5) is 13.2. The van der Waals surface area contributed by atoms with Gasteiger partial charge in [0, 0.05) is 19.6 Å². The lowest BCUT2D eigenvalue weighted by Crippen LogP contribution is -2.15. The van der Waals surface area contributed by atoms with E-state index in [0.29, 0.717) is 5.56 Å². The maximum atomic E-state index is 11.0. The molecule has 0 aliphatic carbocycles. The van der Waals surface area contributed by atoms with Crippen LogP contribution in [0, 0.1) is 0 Å². The number of hydrogen-bond acceptors (Lipinski definition) is 3. The van der Waals surface area contributed by atoms with E-state index in [1.807, 2.05) is 18.2 Å². The lowest BCUT2D eigenvalue weighted by atomic mass is 10.1. The first-order chi connectivity index (χ1) is 9.61. The molecule has 0 amide bonds. The van der Waals surface area contributed by atoms with E-state index in [2.05, 4.69) is 4.90 Å². The number of hydrogen-bond donors (Lipinski definition) is 2. The highest BCUT2D eigenvalue weighted by Crippen LogP contribution is 2.25. The zero-order valence-electron chi connectivity index (χ0n) is 10.9. The van der Waals surface area contributed by atoms with Gasteiger partial charge in [0.15, 0.2) is 0 Å². The van der Waals surface area contributed by atoms with E-state index in [0.717, 1.165) is 30.8 Å². The largest absolute Gasteiger partial charge is 0.508 e. The Hall–Kier alpha value is -2.33. The molecule has 0 bridgehead atoms. The van der Waals surface area contributed by atoms with E-state index >= 15 is 0 Å².